The average Bonchev–Trinajstić information content (AvgIpc) is 3.27. The molecule has 0 bridgehead atoms. The van der Waals surface area contributed by atoms with E-state index in [2.05, 4.69) is 70.8 Å². The van der Waals surface area contributed by atoms with Crippen LogP contribution >= 0.6 is 34.4 Å². The van der Waals surface area contributed by atoms with Crippen LogP contribution in [0, 0.1) is 13.8 Å². The van der Waals surface area contributed by atoms with E-state index in [9.17, 15) is 0 Å². The van der Waals surface area contributed by atoms with E-state index in [-0.39, 0.29) is 0 Å². The molecular formula is C27H46S3Sn. The molecule has 2 aromatic rings. The Labute approximate surface area is 209 Å². The van der Waals surface area contributed by atoms with Crippen LogP contribution in [0.3, 0.4) is 0 Å². The van der Waals surface area contributed by atoms with Crippen molar-refractivity contribution in [3.05, 3.63) is 22.6 Å². The average molecular weight is 586 g/mol. The summed E-state index contributed by atoms with van der Waals surface area (Å²) in [5, 5.41) is 0. The molecule has 0 radical (unpaired) electrons. The predicted octanol–water partition coefficient (Wildman–Crippen LogP) is 10.4. The first-order valence-electron chi connectivity index (χ1n) is 12.7. The molecule has 0 saturated carbocycles. The van der Waals surface area contributed by atoms with E-state index in [1.54, 1.807) is 12.6 Å². The fraction of sp³-hybridized carbons (Fsp3) is 0.704. The molecule has 4 heteroatoms. The summed E-state index contributed by atoms with van der Waals surface area (Å²) in [7, 11) is 0. The first-order chi connectivity index (χ1) is 14.8. The molecule has 0 unspecified atom stereocenters. The first kappa shape index (κ1) is 27.8. The third-order valence-corrected chi connectivity index (χ3v) is 19.1. The van der Waals surface area contributed by atoms with Crippen LogP contribution in [0.4, 0.5) is 0 Å². The second-order valence-electron chi connectivity index (χ2n) is 10.2. The summed E-state index contributed by atoms with van der Waals surface area (Å²) < 4.78 is 1.71. The normalized spacial score (nSPS) is 12.1. The molecule has 0 saturated heterocycles. The van der Waals surface area contributed by atoms with Crippen LogP contribution in [-0.2, 0) is 0 Å². The SMILES string of the molecule is CCCCCCCCCCCCCCSc1cc(C)sc1-c1s[c]([Sn]([CH3])([CH3])[CH3])cc1C. The van der Waals surface area contributed by atoms with Crippen molar-refractivity contribution in [3.8, 4) is 9.75 Å². The minimum absolute atomic E-state index is 1.27. The molecule has 31 heavy (non-hydrogen) atoms. The van der Waals surface area contributed by atoms with Crippen molar-refractivity contribution >= 4 is 55.7 Å². The van der Waals surface area contributed by atoms with Crippen LogP contribution in [0.1, 0.15) is 94.4 Å². The quantitative estimate of drug-likeness (QED) is 0.107. The van der Waals surface area contributed by atoms with Crippen molar-refractivity contribution in [2.24, 2.45) is 0 Å². The Bertz CT molecular complexity index is 751. The molecule has 0 amide bonds. The summed E-state index contributed by atoms with van der Waals surface area (Å²) in [6, 6.07) is 4.94. The number of aryl methyl sites for hydroxylation is 2. The third kappa shape index (κ3) is 10.1. The number of thiophene rings is 2. The third-order valence-electron chi connectivity index (χ3n) is 5.94. The second kappa shape index (κ2) is 14.7. The molecule has 176 valence electrons. The minimum atomic E-state index is -1.98. The Hall–Kier alpha value is 0.549. The van der Waals surface area contributed by atoms with E-state index in [1.807, 2.05) is 11.3 Å². The van der Waals surface area contributed by atoms with Gasteiger partial charge in [0.05, 0.1) is 0 Å². The predicted molar refractivity (Wildman–Crippen MR) is 152 cm³/mol. The van der Waals surface area contributed by atoms with Crippen molar-refractivity contribution in [1.82, 2.24) is 0 Å². The number of thioether (sulfide) groups is 1. The first-order valence-corrected chi connectivity index (χ1v) is 25.3. The van der Waals surface area contributed by atoms with Crippen molar-refractivity contribution in [2.75, 3.05) is 5.75 Å². The molecule has 0 aromatic carbocycles. The van der Waals surface area contributed by atoms with Gasteiger partial charge in [-0.15, -0.1) is 0 Å². The van der Waals surface area contributed by atoms with Gasteiger partial charge in [-0.05, 0) is 0 Å². The van der Waals surface area contributed by atoms with Crippen molar-refractivity contribution in [1.29, 1.82) is 0 Å². The van der Waals surface area contributed by atoms with Gasteiger partial charge in [0.2, 0.25) is 0 Å². The molecule has 2 aromatic heterocycles. The molecule has 0 spiro atoms. The maximum atomic E-state index is 2.53. The molecule has 0 nitrogen and oxygen atoms in total. The van der Waals surface area contributed by atoms with Crippen LogP contribution in [-0.4, -0.2) is 24.1 Å². The molecule has 2 rings (SSSR count). The van der Waals surface area contributed by atoms with Gasteiger partial charge in [0, 0.05) is 0 Å². The standard InChI is InChI=1S/C24H37S3.3CH3.Sn/c1-4-5-6-7-8-9-10-11-12-13-14-15-17-25-22-19-21(3)27-24(22)23-20(2)16-18-26-23;;;;/h16,19H,4-15,17H2,1-3H3;3*1H3;. The van der Waals surface area contributed by atoms with Crippen LogP contribution in [0.2, 0.25) is 14.8 Å². The van der Waals surface area contributed by atoms with E-state index in [0.29, 0.717) is 0 Å². The van der Waals surface area contributed by atoms with Gasteiger partial charge in [-0.3, -0.25) is 0 Å². The maximum absolute atomic E-state index is 2.53. The fourth-order valence-electron chi connectivity index (χ4n) is 3.96. The number of hydrogen-bond donors (Lipinski definition) is 0. The fourth-order valence-corrected chi connectivity index (χ4v) is 13.2. The summed E-state index contributed by atoms with van der Waals surface area (Å²) >= 11 is 4.22. The van der Waals surface area contributed by atoms with Crippen LogP contribution in [0.25, 0.3) is 9.75 Å². The number of hydrogen-bond acceptors (Lipinski definition) is 3. The Morgan fingerprint density at radius 3 is 1.77 bits per heavy atom. The Balaban J connectivity index is 1.67. The zero-order valence-corrected chi connectivity index (χ0v) is 26.4. The molecule has 0 aliphatic carbocycles. The number of unbranched alkanes of at least 4 members (excludes halogenated alkanes) is 11. The summed E-state index contributed by atoms with van der Waals surface area (Å²) in [6.45, 7) is 6.89. The summed E-state index contributed by atoms with van der Waals surface area (Å²) in [5.74, 6) is 1.27. The molecular weight excluding hydrogens is 539 g/mol. The van der Waals surface area contributed by atoms with Crippen molar-refractivity contribution in [2.45, 2.75) is 118 Å². The molecule has 0 N–H and O–H groups in total. The molecule has 0 aliphatic heterocycles. The summed E-state index contributed by atoms with van der Waals surface area (Å²) in [5.41, 5.74) is 1.50. The zero-order chi connectivity index (χ0) is 22.7. The van der Waals surface area contributed by atoms with E-state index < -0.39 is 18.4 Å². The van der Waals surface area contributed by atoms with Gasteiger partial charge in [0.1, 0.15) is 0 Å². The van der Waals surface area contributed by atoms with E-state index >= 15 is 0 Å². The van der Waals surface area contributed by atoms with Gasteiger partial charge in [0.25, 0.3) is 0 Å². The van der Waals surface area contributed by atoms with Gasteiger partial charge < -0.3 is 0 Å². The Morgan fingerprint density at radius 1 is 0.710 bits per heavy atom. The zero-order valence-electron chi connectivity index (χ0n) is 21.1. The van der Waals surface area contributed by atoms with Crippen LogP contribution in [0.5, 0.6) is 0 Å². The van der Waals surface area contributed by atoms with E-state index in [0.717, 1.165) is 0 Å². The molecule has 0 aliphatic rings. The summed E-state index contributed by atoms with van der Waals surface area (Å²) in [4.78, 5) is 13.7. The molecule has 0 fully saturated rings. The number of rotatable bonds is 16. The van der Waals surface area contributed by atoms with Gasteiger partial charge in [-0.25, -0.2) is 0 Å². The molecule has 0 atom stereocenters. The Kier molecular flexibility index (Phi) is 13.2. The molecule has 2 heterocycles. The summed E-state index contributed by atoms with van der Waals surface area (Å²) in [6.07, 6.45) is 17.2. The van der Waals surface area contributed by atoms with Gasteiger partial charge in [-0.2, -0.15) is 0 Å². The van der Waals surface area contributed by atoms with E-state index in [1.165, 1.54) is 98.1 Å². The topological polar surface area (TPSA) is 0 Å². The van der Waals surface area contributed by atoms with Crippen LogP contribution < -0.4 is 2.89 Å². The van der Waals surface area contributed by atoms with Crippen LogP contribution in [0.15, 0.2) is 17.0 Å². The van der Waals surface area contributed by atoms with Gasteiger partial charge in [-0.1, -0.05) is 51.9 Å². The van der Waals surface area contributed by atoms with Crippen molar-refractivity contribution < 1.29 is 0 Å². The second-order valence-corrected chi connectivity index (χ2v) is 29.0. The Morgan fingerprint density at radius 2 is 1.26 bits per heavy atom. The van der Waals surface area contributed by atoms with Gasteiger partial charge >= 0.3 is 159 Å². The van der Waals surface area contributed by atoms with E-state index in [4.69, 9.17) is 0 Å². The van der Waals surface area contributed by atoms with Crippen molar-refractivity contribution in [3.63, 3.8) is 0 Å². The monoisotopic (exact) mass is 586 g/mol. The van der Waals surface area contributed by atoms with Gasteiger partial charge in [0.15, 0.2) is 0 Å².